The maximum atomic E-state index is 12.6. The third-order valence-corrected chi connectivity index (χ3v) is 4.39. The lowest BCUT2D eigenvalue weighted by molar-refractivity contribution is 0.0787. The van der Waals surface area contributed by atoms with Gasteiger partial charge in [-0.2, -0.15) is 0 Å². The van der Waals surface area contributed by atoms with E-state index in [-0.39, 0.29) is 5.91 Å². The molecule has 8 nitrogen and oxygen atoms in total. The molecule has 1 aromatic carbocycles. The number of amides is 1. The molecule has 144 valence electrons. The molecule has 0 radical (unpaired) electrons. The van der Waals surface area contributed by atoms with Crippen LogP contribution in [-0.4, -0.2) is 55.2 Å². The number of benzene rings is 1. The normalized spacial score (nSPS) is 13.4. The van der Waals surface area contributed by atoms with Gasteiger partial charge in [-0.3, -0.25) is 4.79 Å². The second-order valence-electron chi connectivity index (χ2n) is 6.26. The third kappa shape index (κ3) is 4.05. The molecule has 0 bridgehead atoms. The number of hydrogen-bond acceptors (Lipinski definition) is 7. The van der Waals surface area contributed by atoms with E-state index in [4.69, 9.17) is 14.2 Å². The number of carbonyl (C=O) groups excluding carboxylic acids is 1. The summed E-state index contributed by atoms with van der Waals surface area (Å²) >= 11 is 0. The van der Waals surface area contributed by atoms with Crippen molar-refractivity contribution < 1.29 is 19.0 Å². The van der Waals surface area contributed by atoms with Gasteiger partial charge in [-0.25, -0.2) is 9.97 Å². The molecule has 1 saturated heterocycles. The minimum absolute atomic E-state index is 0.0639. The topological polar surface area (TPSA) is 85.8 Å². The summed E-state index contributed by atoms with van der Waals surface area (Å²) in [6.45, 7) is 3.39. The minimum Gasteiger partial charge on any atom is -0.493 e. The van der Waals surface area contributed by atoms with Crippen LogP contribution < -0.4 is 19.5 Å². The average molecular weight is 372 g/mol. The van der Waals surface area contributed by atoms with Gasteiger partial charge < -0.3 is 24.4 Å². The summed E-state index contributed by atoms with van der Waals surface area (Å²) in [5, 5.41) is 3.12. The van der Waals surface area contributed by atoms with E-state index in [1.54, 1.807) is 39.5 Å². The number of likely N-dealkylation sites (tertiary alicyclic amines) is 1. The SMILES string of the molecule is COc1cc(Nc2nc(C)cc(C(=O)N3CCCC3)n2)cc(OC)c1OC. The molecule has 1 amide bonds. The number of methoxy groups -OCH3 is 3. The van der Waals surface area contributed by atoms with Gasteiger partial charge in [0.2, 0.25) is 11.7 Å². The second kappa shape index (κ2) is 8.11. The van der Waals surface area contributed by atoms with Gasteiger partial charge in [0, 0.05) is 36.6 Å². The highest BCUT2D eigenvalue weighted by Crippen LogP contribution is 2.40. The van der Waals surface area contributed by atoms with E-state index >= 15 is 0 Å². The highest BCUT2D eigenvalue weighted by Gasteiger charge is 2.22. The Morgan fingerprint density at radius 1 is 1.00 bits per heavy atom. The molecular formula is C19H24N4O4. The summed E-state index contributed by atoms with van der Waals surface area (Å²) in [5.74, 6) is 1.80. The summed E-state index contributed by atoms with van der Waals surface area (Å²) in [7, 11) is 4.65. The standard InChI is InChI=1S/C19H24N4O4/c1-12-9-14(18(24)23-7-5-6-8-23)22-19(20-12)21-13-10-15(25-2)17(27-4)16(11-13)26-3/h9-11H,5-8H2,1-4H3,(H,20,21,22). The molecule has 0 spiro atoms. The van der Waals surface area contributed by atoms with E-state index in [0.29, 0.717) is 40.3 Å². The van der Waals surface area contributed by atoms with Gasteiger partial charge in [0.1, 0.15) is 5.69 Å². The van der Waals surface area contributed by atoms with Crippen LogP contribution in [-0.2, 0) is 0 Å². The van der Waals surface area contributed by atoms with Crippen molar-refractivity contribution in [2.24, 2.45) is 0 Å². The van der Waals surface area contributed by atoms with Crippen molar-refractivity contribution in [3.8, 4) is 17.2 Å². The number of nitrogens with zero attached hydrogens (tertiary/aromatic N) is 3. The fraction of sp³-hybridized carbons (Fsp3) is 0.421. The van der Waals surface area contributed by atoms with Crippen LogP contribution in [0.3, 0.4) is 0 Å². The van der Waals surface area contributed by atoms with E-state index in [9.17, 15) is 4.79 Å². The van der Waals surface area contributed by atoms with Gasteiger partial charge in [0.25, 0.3) is 5.91 Å². The highest BCUT2D eigenvalue weighted by atomic mass is 16.5. The monoisotopic (exact) mass is 372 g/mol. The number of rotatable bonds is 6. The Morgan fingerprint density at radius 3 is 2.19 bits per heavy atom. The summed E-state index contributed by atoms with van der Waals surface area (Å²) in [6, 6.07) is 5.23. The summed E-state index contributed by atoms with van der Waals surface area (Å²) < 4.78 is 16.1. The Morgan fingerprint density at radius 2 is 1.63 bits per heavy atom. The lowest BCUT2D eigenvalue weighted by Crippen LogP contribution is -2.28. The predicted molar refractivity (Wildman–Crippen MR) is 101 cm³/mol. The van der Waals surface area contributed by atoms with Crippen molar-refractivity contribution >= 4 is 17.5 Å². The van der Waals surface area contributed by atoms with Crippen molar-refractivity contribution in [2.45, 2.75) is 19.8 Å². The Hall–Kier alpha value is -3.03. The van der Waals surface area contributed by atoms with Crippen molar-refractivity contribution in [3.05, 3.63) is 29.6 Å². The van der Waals surface area contributed by atoms with Crippen molar-refractivity contribution in [3.63, 3.8) is 0 Å². The van der Waals surface area contributed by atoms with Gasteiger partial charge in [-0.05, 0) is 25.8 Å². The minimum atomic E-state index is -0.0639. The average Bonchev–Trinajstić information content (AvgIpc) is 3.20. The zero-order valence-corrected chi connectivity index (χ0v) is 16.0. The molecule has 1 aromatic heterocycles. The van der Waals surface area contributed by atoms with Gasteiger partial charge in [0.05, 0.1) is 21.3 Å². The second-order valence-corrected chi connectivity index (χ2v) is 6.26. The van der Waals surface area contributed by atoms with E-state index in [1.807, 2.05) is 11.8 Å². The molecule has 2 heterocycles. The summed E-state index contributed by atoms with van der Waals surface area (Å²) in [6.07, 6.45) is 2.07. The van der Waals surface area contributed by atoms with Crippen LogP contribution in [0.1, 0.15) is 29.0 Å². The van der Waals surface area contributed by atoms with E-state index in [2.05, 4.69) is 15.3 Å². The molecule has 1 aliphatic heterocycles. The molecule has 1 fully saturated rings. The van der Waals surface area contributed by atoms with Crippen LogP contribution >= 0.6 is 0 Å². The number of aromatic nitrogens is 2. The lowest BCUT2D eigenvalue weighted by atomic mass is 10.2. The maximum absolute atomic E-state index is 12.6. The molecule has 27 heavy (non-hydrogen) atoms. The molecular weight excluding hydrogens is 348 g/mol. The first kappa shape index (κ1) is 18.8. The fourth-order valence-electron chi connectivity index (χ4n) is 3.10. The van der Waals surface area contributed by atoms with Crippen molar-refractivity contribution in [1.29, 1.82) is 0 Å². The Balaban J connectivity index is 1.90. The van der Waals surface area contributed by atoms with Crippen LogP contribution in [0.15, 0.2) is 18.2 Å². The van der Waals surface area contributed by atoms with E-state index in [0.717, 1.165) is 25.9 Å². The smallest absolute Gasteiger partial charge is 0.272 e. The van der Waals surface area contributed by atoms with Gasteiger partial charge in [0.15, 0.2) is 11.5 Å². The molecule has 2 aromatic rings. The van der Waals surface area contributed by atoms with Crippen LogP contribution in [0, 0.1) is 6.92 Å². The number of anilines is 2. The first-order valence-electron chi connectivity index (χ1n) is 8.77. The molecule has 0 saturated carbocycles. The molecule has 0 unspecified atom stereocenters. The summed E-state index contributed by atoms with van der Waals surface area (Å²) in [4.78, 5) is 23.3. The number of hydrogen-bond donors (Lipinski definition) is 1. The number of aryl methyl sites for hydroxylation is 1. The predicted octanol–water partition coefficient (Wildman–Crippen LogP) is 2.79. The van der Waals surface area contributed by atoms with Gasteiger partial charge >= 0.3 is 0 Å². The molecule has 3 rings (SSSR count). The van der Waals surface area contributed by atoms with E-state index in [1.165, 1.54) is 0 Å². The Labute approximate surface area is 158 Å². The quantitative estimate of drug-likeness (QED) is 0.834. The largest absolute Gasteiger partial charge is 0.493 e. The maximum Gasteiger partial charge on any atom is 0.272 e. The first-order chi connectivity index (χ1) is 13.0. The van der Waals surface area contributed by atoms with Crippen molar-refractivity contribution in [1.82, 2.24) is 14.9 Å². The zero-order valence-electron chi connectivity index (χ0n) is 16.0. The summed E-state index contributed by atoms with van der Waals surface area (Å²) in [5.41, 5.74) is 1.76. The molecule has 8 heteroatoms. The molecule has 0 atom stereocenters. The zero-order chi connectivity index (χ0) is 19.4. The first-order valence-corrected chi connectivity index (χ1v) is 8.77. The van der Waals surface area contributed by atoms with Crippen molar-refractivity contribution in [2.75, 3.05) is 39.7 Å². The number of carbonyl (C=O) groups is 1. The Kier molecular flexibility index (Phi) is 5.63. The van der Waals surface area contributed by atoms with Gasteiger partial charge in [-0.15, -0.1) is 0 Å². The molecule has 1 N–H and O–H groups in total. The fourth-order valence-corrected chi connectivity index (χ4v) is 3.10. The number of nitrogens with one attached hydrogen (secondary N) is 1. The van der Waals surface area contributed by atoms with E-state index < -0.39 is 0 Å². The van der Waals surface area contributed by atoms with Crippen LogP contribution in [0.5, 0.6) is 17.2 Å². The van der Waals surface area contributed by atoms with Crippen LogP contribution in [0.25, 0.3) is 0 Å². The molecule has 1 aliphatic rings. The van der Waals surface area contributed by atoms with Crippen LogP contribution in [0.2, 0.25) is 0 Å². The third-order valence-electron chi connectivity index (χ3n) is 4.39. The highest BCUT2D eigenvalue weighted by molar-refractivity contribution is 5.93. The number of ether oxygens (including phenoxy) is 3. The van der Waals surface area contributed by atoms with Crippen LogP contribution in [0.4, 0.5) is 11.6 Å². The van der Waals surface area contributed by atoms with Gasteiger partial charge in [-0.1, -0.05) is 0 Å². The molecule has 0 aliphatic carbocycles. The Bertz CT molecular complexity index is 809. The lowest BCUT2D eigenvalue weighted by Gasteiger charge is -2.16.